The molecule has 11 nitrogen and oxygen atoms in total. The second-order valence-corrected chi connectivity index (χ2v) is 36.2. The van der Waals surface area contributed by atoms with Crippen LogP contribution in [0.3, 0.4) is 0 Å². The van der Waals surface area contributed by atoms with Crippen molar-refractivity contribution >= 4 is 59.6 Å². The second-order valence-electron chi connectivity index (χ2n) is 21.3. The summed E-state index contributed by atoms with van der Waals surface area (Å²) in [4.78, 5) is 28.0. The number of unbranched alkanes of at least 4 members (excludes halogenated alkanes) is 3. The van der Waals surface area contributed by atoms with Crippen molar-refractivity contribution in [1.82, 2.24) is 10.2 Å². The first-order valence-electron chi connectivity index (χ1n) is 23.6. The fourth-order valence-corrected chi connectivity index (χ4v) is 15.8. The van der Waals surface area contributed by atoms with Crippen molar-refractivity contribution in [3.63, 3.8) is 0 Å². The molecular weight excluding hydrogens is 899 g/mol. The number of amides is 2. The van der Waals surface area contributed by atoms with E-state index in [1.165, 1.54) is 30.9 Å². The van der Waals surface area contributed by atoms with Crippen LogP contribution in [0.25, 0.3) is 0 Å². The molecule has 1 aliphatic carbocycles. The van der Waals surface area contributed by atoms with Gasteiger partial charge in [0.1, 0.15) is 8.42 Å². The van der Waals surface area contributed by atoms with E-state index in [1.807, 2.05) is 0 Å². The molecule has 16 heteroatoms. The van der Waals surface area contributed by atoms with Crippen LogP contribution in [0.4, 0.5) is 0 Å². The fourth-order valence-electron chi connectivity index (χ4n) is 8.64. The van der Waals surface area contributed by atoms with Gasteiger partial charge in [-0.3, -0.25) is 9.59 Å². The maximum Gasteiger partial charge on any atom is 0.247 e. The molecule has 1 aromatic heterocycles. The Balaban J connectivity index is 1.35. The number of rotatable bonds is 22. The molecule has 64 heavy (non-hydrogen) atoms. The summed E-state index contributed by atoms with van der Waals surface area (Å²) < 4.78 is 64.8. The van der Waals surface area contributed by atoms with Gasteiger partial charge in [0.25, 0.3) is 0 Å². The molecule has 4 rings (SSSR count). The number of sulfone groups is 1. The van der Waals surface area contributed by atoms with E-state index in [2.05, 4.69) is 116 Å². The number of nitrogens with two attached hydrogens (primary N) is 1. The number of hydrogen-bond acceptors (Lipinski definition) is 9. The molecule has 0 saturated heterocycles. The van der Waals surface area contributed by atoms with Gasteiger partial charge in [-0.05, 0) is 125 Å². The first kappa shape index (κ1) is 54.4. The average molecular weight is 981 g/mol. The lowest BCUT2D eigenvalue weighted by Gasteiger charge is -2.40. The third-order valence-electron chi connectivity index (χ3n) is 14.6. The number of carbonyl (C=O) groups excluding carboxylic acids is 2. The highest BCUT2D eigenvalue weighted by molar-refractivity contribution is 7.95. The molecule has 1 saturated carbocycles. The summed E-state index contributed by atoms with van der Waals surface area (Å²) in [5.41, 5.74) is 1.69. The van der Waals surface area contributed by atoms with E-state index in [4.69, 9.17) is 14.0 Å². The largest absolute Gasteiger partial charge is 0.414 e. The summed E-state index contributed by atoms with van der Waals surface area (Å²) in [6.45, 7) is 27.2. The number of fused-ring (bicyclic) bond motifs is 1. The van der Waals surface area contributed by atoms with Crippen molar-refractivity contribution in [2.45, 2.75) is 201 Å². The van der Waals surface area contributed by atoms with Gasteiger partial charge in [0.15, 0.2) is 26.5 Å². The predicted molar refractivity (Wildman–Crippen MR) is 267 cm³/mol. The molecule has 2 unspecified atom stereocenters. The zero-order chi connectivity index (χ0) is 47.9. The minimum Gasteiger partial charge on any atom is -0.414 e. The Bertz CT molecular complexity index is 2110. The van der Waals surface area contributed by atoms with E-state index < -0.39 is 47.8 Å². The predicted octanol–water partition coefficient (Wildman–Crippen LogP) is 10.7. The lowest BCUT2D eigenvalue weighted by molar-refractivity contribution is -0.133. The summed E-state index contributed by atoms with van der Waals surface area (Å²) in [7, 11) is -12.0. The first-order valence-corrected chi connectivity index (χ1v) is 33.3. The molecule has 1 aromatic carbocycles. The van der Waals surface area contributed by atoms with Crippen molar-refractivity contribution in [3.05, 3.63) is 59.7 Å². The lowest BCUT2D eigenvalue weighted by Crippen LogP contribution is -2.45. The van der Waals surface area contributed by atoms with Gasteiger partial charge in [-0.1, -0.05) is 96.9 Å². The number of nitrogens with one attached hydrogen (secondary N) is 1. The van der Waals surface area contributed by atoms with E-state index in [9.17, 15) is 26.4 Å². The molecule has 0 bridgehead atoms. The van der Waals surface area contributed by atoms with E-state index in [0.717, 1.165) is 32.1 Å². The summed E-state index contributed by atoms with van der Waals surface area (Å²) >= 11 is 0.636. The normalized spacial score (nSPS) is 23.0. The summed E-state index contributed by atoms with van der Waals surface area (Å²) in [5, 5.41) is 7.64. The number of primary sulfonamides is 1. The molecular formula is C48H81N3O8S3Si2. The molecule has 2 aromatic rings. The maximum atomic E-state index is 13.5. The molecule has 1 aliphatic heterocycles. The number of hydrogen-bond donors (Lipinski definition) is 2. The maximum absolute atomic E-state index is 13.5. The first-order chi connectivity index (χ1) is 29.6. The summed E-state index contributed by atoms with van der Waals surface area (Å²) in [6.07, 6.45) is 14.4. The number of nitrogens with zero attached hydrogens (tertiary/aromatic N) is 1. The Labute approximate surface area is 393 Å². The highest BCUT2D eigenvalue weighted by Gasteiger charge is 2.51. The summed E-state index contributed by atoms with van der Waals surface area (Å²) in [5.74, 6) is 0.378. The monoisotopic (exact) mass is 979 g/mol. The van der Waals surface area contributed by atoms with Crippen LogP contribution in [0.5, 0.6) is 0 Å². The standard InChI is InChI=1S/C48H81N3O8S3Si2/c1-13-51(40-32-35(2)61(54,55)46-39(40)33-45(60-46)62(49,56)57)44(53)30-31-50-43(52)29-23-15-14-21-27-37-38(28-22-17-20-26-36-24-18-16-19-25-36)42(59-64(11,12)48(6,7)8)34-41(37)58-63(9,10)47(3,4)5/h14,16,18-19,21,24-25,33,35,37-38,40-42H,13,15,17,20,22-23,26-32,34H2,1-12H3,(H,50,52)(H2,49,56,57)/b21-14-/t35-,37+,38+,40-,41?,42?/m0/s1. The molecule has 6 atom stereocenters. The van der Waals surface area contributed by atoms with Crippen LogP contribution in [0.2, 0.25) is 36.3 Å². The van der Waals surface area contributed by atoms with Crippen LogP contribution >= 0.6 is 11.3 Å². The summed E-state index contributed by atoms with van der Waals surface area (Å²) in [6, 6.07) is 11.4. The molecule has 2 aliphatic rings. The van der Waals surface area contributed by atoms with Crippen molar-refractivity contribution in [1.29, 1.82) is 0 Å². The zero-order valence-corrected chi connectivity index (χ0v) is 45.4. The van der Waals surface area contributed by atoms with Gasteiger partial charge in [-0.25, -0.2) is 22.0 Å². The number of aryl methyl sites for hydroxylation is 1. The number of benzene rings is 1. The lowest BCUT2D eigenvalue weighted by atomic mass is 9.86. The van der Waals surface area contributed by atoms with Crippen LogP contribution in [0.1, 0.15) is 143 Å². The fraction of sp³-hybridized carbons (Fsp3) is 0.708. The Morgan fingerprint density at radius 2 is 1.50 bits per heavy atom. The molecule has 0 radical (unpaired) electrons. The van der Waals surface area contributed by atoms with Crippen LogP contribution in [-0.4, -0.2) is 80.7 Å². The van der Waals surface area contributed by atoms with Crippen LogP contribution < -0.4 is 10.5 Å². The van der Waals surface area contributed by atoms with Gasteiger partial charge in [-0.2, -0.15) is 0 Å². The van der Waals surface area contributed by atoms with Gasteiger partial charge in [0, 0.05) is 31.5 Å². The van der Waals surface area contributed by atoms with Gasteiger partial charge in [0.2, 0.25) is 21.8 Å². The highest BCUT2D eigenvalue weighted by Crippen LogP contribution is 2.49. The smallest absolute Gasteiger partial charge is 0.247 e. The number of thiophene rings is 1. The molecule has 2 amide bonds. The minimum atomic E-state index is -4.13. The Morgan fingerprint density at radius 1 is 0.891 bits per heavy atom. The third kappa shape index (κ3) is 14.2. The van der Waals surface area contributed by atoms with Crippen LogP contribution in [0.15, 0.2) is 57.0 Å². The van der Waals surface area contributed by atoms with Crippen molar-refractivity contribution in [2.75, 3.05) is 13.1 Å². The molecule has 2 heterocycles. The van der Waals surface area contributed by atoms with E-state index in [-0.39, 0.29) is 67.5 Å². The van der Waals surface area contributed by atoms with Crippen molar-refractivity contribution in [3.8, 4) is 0 Å². The van der Waals surface area contributed by atoms with E-state index in [0.29, 0.717) is 42.6 Å². The topological polar surface area (TPSA) is 162 Å². The van der Waals surface area contributed by atoms with Crippen molar-refractivity contribution < 1.29 is 35.3 Å². The Kier molecular flexibility index (Phi) is 18.9. The average Bonchev–Trinajstić information content (AvgIpc) is 3.77. The van der Waals surface area contributed by atoms with E-state index >= 15 is 0 Å². The number of carbonyl (C=O) groups is 2. The van der Waals surface area contributed by atoms with Crippen molar-refractivity contribution in [2.24, 2.45) is 17.0 Å². The van der Waals surface area contributed by atoms with Crippen LogP contribution in [0, 0.1) is 11.8 Å². The number of sulfonamides is 1. The van der Waals surface area contributed by atoms with Gasteiger partial charge >= 0.3 is 0 Å². The molecule has 0 spiro atoms. The SMILES string of the molecule is CCN(C(=O)CCNC(=O)CCC/C=C\C[C@H]1C(O[Si](C)(C)C(C)(C)C)CC(O[Si](C)(C)C(C)(C)C)[C@@H]1CCCCCc1ccccc1)[C@H]1C[C@H](C)S(=O)(=O)c2sc(S(N)(=O)=O)cc21. The zero-order valence-electron chi connectivity index (χ0n) is 41.0. The van der Waals surface area contributed by atoms with Gasteiger partial charge in [-0.15, -0.1) is 11.3 Å². The van der Waals surface area contributed by atoms with E-state index in [1.54, 1.807) is 18.7 Å². The van der Waals surface area contributed by atoms with Gasteiger partial charge in [0.05, 0.1) is 23.5 Å². The highest BCUT2D eigenvalue weighted by atomic mass is 32.3. The number of allylic oxidation sites excluding steroid dienone is 2. The molecule has 362 valence electrons. The van der Waals surface area contributed by atoms with Gasteiger partial charge < -0.3 is 19.1 Å². The molecule has 3 N–H and O–H groups in total. The minimum absolute atomic E-state index is 0.0342. The molecule has 1 fully saturated rings. The van der Waals surface area contributed by atoms with Crippen LogP contribution in [-0.2, 0) is 44.7 Å². The quantitative estimate of drug-likeness (QED) is 0.0669. The Morgan fingerprint density at radius 3 is 2.08 bits per heavy atom. The third-order valence-corrected chi connectivity index (χ3v) is 28.9. The Hall–Kier alpha value is -2.19. The second kappa shape index (κ2) is 22.3.